The van der Waals surface area contributed by atoms with E-state index in [4.69, 9.17) is 4.74 Å². The number of rotatable bonds is 7. The smallest absolute Gasteiger partial charge is 0.327 e. The number of anilines is 2. The Balaban J connectivity index is 1.83. The monoisotopic (exact) mass is 467 g/mol. The molecule has 2 aliphatic heterocycles. The molecule has 0 unspecified atom stereocenters. The van der Waals surface area contributed by atoms with E-state index in [1.165, 1.54) is 24.3 Å². The molecule has 2 aromatic carbocycles. The third kappa shape index (κ3) is 3.76. The van der Waals surface area contributed by atoms with Crippen LogP contribution in [0.2, 0.25) is 0 Å². The minimum Gasteiger partial charge on any atom is -0.465 e. The van der Waals surface area contributed by atoms with Crippen molar-refractivity contribution in [2.45, 2.75) is 38.3 Å². The fourth-order valence-corrected chi connectivity index (χ4v) is 5.29. The number of ether oxygens (including phenoxy) is 1. The van der Waals surface area contributed by atoms with Gasteiger partial charge in [0.05, 0.1) is 24.1 Å². The first-order valence-electron chi connectivity index (χ1n) is 11.6. The van der Waals surface area contributed by atoms with Crippen LogP contribution in [0.4, 0.5) is 15.8 Å². The highest BCUT2D eigenvalue weighted by molar-refractivity contribution is 6.24. The maximum Gasteiger partial charge on any atom is 0.327 e. The summed E-state index contributed by atoms with van der Waals surface area (Å²) in [5.41, 5.74) is 0.763. The number of nitrogens with zero attached hydrogens (tertiary/aromatic N) is 2. The number of carbonyl (C=O) groups excluding carboxylic acids is 3. The molecule has 0 aromatic heterocycles. The lowest BCUT2D eigenvalue weighted by Crippen LogP contribution is -2.56. The topological polar surface area (TPSA) is 79.0 Å². The number of carbonyl (C=O) groups is 3. The molecule has 0 saturated carbocycles. The fourth-order valence-electron chi connectivity index (χ4n) is 5.29. The van der Waals surface area contributed by atoms with Crippen molar-refractivity contribution in [1.29, 1.82) is 0 Å². The molecule has 7 nitrogen and oxygen atoms in total. The number of imide groups is 1. The Morgan fingerprint density at radius 2 is 1.71 bits per heavy atom. The Bertz CT molecular complexity index is 1090. The summed E-state index contributed by atoms with van der Waals surface area (Å²) in [6.45, 7) is 3.80. The molecule has 2 fully saturated rings. The van der Waals surface area contributed by atoms with Crippen molar-refractivity contribution in [2.24, 2.45) is 11.8 Å². The van der Waals surface area contributed by atoms with Crippen LogP contribution in [-0.4, -0.2) is 44.0 Å². The Labute approximate surface area is 198 Å². The van der Waals surface area contributed by atoms with Crippen molar-refractivity contribution < 1.29 is 23.5 Å². The van der Waals surface area contributed by atoms with E-state index in [1.54, 1.807) is 6.92 Å². The highest BCUT2D eigenvalue weighted by atomic mass is 19.1. The third-order valence-corrected chi connectivity index (χ3v) is 6.79. The van der Waals surface area contributed by atoms with Crippen molar-refractivity contribution in [3.8, 4) is 0 Å². The second-order valence-corrected chi connectivity index (χ2v) is 9.04. The molecule has 4 atom stereocenters. The quantitative estimate of drug-likeness (QED) is 0.497. The molecule has 0 radical (unpaired) electrons. The molecular formula is C26H30FN3O4. The summed E-state index contributed by atoms with van der Waals surface area (Å²) < 4.78 is 18.9. The number of benzene rings is 2. The summed E-state index contributed by atoms with van der Waals surface area (Å²) in [6.07, 6.45) is 0.953. The zero-order chi connectivity index (χ0) is 24.6. The van der Waals surface area contributed by atoms with Crippen LogP contribution >= 0.6 is 0 Å². The van der Waals surface area contributed by atoms with Gasteiger partial charge in [0.15, 0.2) is 0 Å². The third-order valence-electron chi connectivity index (χ3n) is 6.79. The molecule has 34 heavy (non-hydrogen) atoms. The Morgan fingerprint density at radius 3 is 2.26 bits per heavy atom. The number of hydrogen-bond acceptors (Lipinski definition) is 6. The van der Waals surface area contributed by atoms with Gasteiger partial charge in [-0.25, -0.2) is 9.29 Å². The SMILES string of the molecule is CCC[C@]1(C(=O)OCC)N[C@@H](c2ccc(N(C)C)cc2)[C@H]2C(=O)N(c3ccc(F)cc3)C(=O)[C@H]21. The molecule has 2 amide bonds. The Morgan fingerprint density at radius 1 is 1.06 bits per heavy atom. The first-order chi connectivity index (χ1) is 16.2. The summed E-state index contributed by atoms with van der Waals surface area (Å²) in [7, 11) is 3.87. The second kappa shape index (κ2) is 9.18. The first-order valence-corrected chi connectivity index (χ1v) is 11.6. The fraction of sp³-hybridized carbons (Fsp3) is 0.423. The van der Waals surface area contributed by atoms with E-state index in [0.29, 0.717) is 18.5 Å². The maximum absolute atomic E-state index is 13.8. The summed E-state index contributed by atoms with van der Waals surface area (Å²) in [5, 5.41) is 3.38. The average Bonchev–Trinajstić information content (AvgIpc) is 3.29. The average molecular weight is 468 g/mol. The van der Waals surface area contributed by atoms with Crippen LogP contribution in [0.15, 0.2) is 48.5 Å². The normalized spacial score (nSPS) is 26.0. The predicted octanol–water partition coefficient (Wildman–Crippen LogP) is 3.44. The zero-order valence-electron chi connectivity index (χ0n) is 19.9. The number of nitrogens with one attached hydrogen (secondary N) is 1. The summed E-state index contributed by atoms with van der Waals surface area (Å²) in [4.78, 5) is 43.9. The van der Waals surface area contributed by atoms with Crippen molar-refractivity contribution in [3.05, 3.63) is 59.9 Å². The number of fused-ring (bicyclic) bond motifs is 1. The summed E-state index contributed by atoms with van der Waals surface area (Å²) in [5.74, 6) is -3.58. The van der Waals surface area contributed by atoms with Crippen LogP contribution in [-0.2, 0) is 19.1 Å². The molecule has 0 aliphatic carbocycles. The number of halogens is 1. The number of esters is 1. The lowest BCUT2D eigenvalue weighted by atomic mass is 9.77. The van der Waals surface area contributed by atoms with Gasteiger partial charge < -0.3 is 9.64 Å². The molecule has 2 heterocycles. The van der Waals surface area contributed by atoms with Gasteiger partial charge in [-0.2, -0.15) is 0 Å². The van der Waals surface area contributed by atoms with Gasteiger partial charge in [0, 0.05) is 25.8 Å². The maximum atomic E-state index is 13.8. The van der Waals surface area contributed by atoms with Crippen LogP contribution in [0.3, 0.4) is 0 Å². The second-order valence-electron chi connectivity index (χ2n) is 9.04. The van der Waals surface area contributed by atoms with Gasteiger partial charge in [-0.15, -0.1) is 0 Å². The van der Waals surface area contributed by atoms with E-state index >= 15 is 0 Å². The number of amides is 2. The minimum absolute atomic E-state index is 0.162. The molecule has 180 valence electrons. The van der Waals surface area contributed by atoms with Crippen molar-refractivity contribution >= 4 is 29.2 Å². The van der Waals surface area contributed by atoms with Crippen LogP contribution in [0.5, 0.6) is 0 Å². The van der Waals surface area contributed by atoms with Crippen LogP contribution in [0.1, 0.15) is 38.3 Å². The molecule has 4 rings (SSSR count). The number of hydrogen-bond donors (Lipinski definition) is 1. The Kier molecular flexibility index (Phi) is 6.45. The van der Waals surface area contributed by atoms with E-state index in [9.17, 15) is 18.8 Å². The van der Waals surface area contributed by atoms with E-state index in [2.05, 4.69) is 5.32 Å². The van der Waals surface area contributed by atoms with Crippen molar-refractivity contribution in [1.82, 2.24) is 5.32 Å². The van der Waals surface area contributed by atoms with Gasteiger partial charge in [-0.1, -0.05) is 25.5 Å². The van der Waals surface area contributed by atoms with Gasteiger partial charge in [0.25, 0.3) is 0 Å². The predicted molar refractivity (Wildman–Crippen MR) is 127 cm³/mol. The van der Waals surface area contributed by atoms with E-state index in [1.807, 2.05) is 50.2 Å². The van der Waals surface area contributed by atoms with Crippen LogP contribution in [0, 0.1) is 17.7 Å². The van der Waals surface area contributed by atoms with Gasteiger partial charge in [-0.3, -0.25) is 19.7 Å². The summed E-state index contributed by atoms with van der Waals surface area (Å²) >= 11 is 0. The molecule has 1 N–H and O–H groups in total. The molecule has 8 heteroatoms. The van der Waals surface area contributed by atoms with Crippen molar-refractivity contribution in [3.63, 3.8) is 0 Å². The minimum atomic E-state index is -1.33. The highest BCUT2D eigenvalue weighted by Crippen LogP contribution is 2.51. The first kappa shape index (κ1) is 23.9. The van der Waals surface area contributed by atoms with Crippen LogP contribution < -0.4 is 15.1 Å². The van der Waals surface area contributed by atoms with Crippen LogP contribution in [0.25, 0.3) is 0 Å². The van der Waals surface area contributed by atoms with E-state index in [0.717, 1.165) is 16.2 Å². The van der Waals surface area contributed by atoms with Crippen molar-refractivity contribution in [2.75, 3.05) is 30.5 Å². The summed E-state index contributed by atoms with van der Waals surface area (Å²) in [6, 6.07) is 12.4. The molecule has 0 spiro atoms. The standard InChI is InChI=1S/C26H30FN3O4/c1-5-15-26(25(33)34-6-2)21-20(22(28-26)16-7-11-18(12-8-16)29(3)4)23(31)30(24(21)32)19-13-9-17(27)10-14-19/h7-14,20-22,28H,5-6,15H2,1-4H3/t20-,21-,22-,26-/m0/s1. The zero-order valence-corrected chi connectivity index (χ0v) is 19.9. The molecule has 2 aromatic rings. The van der Waals surface area contributed by atoms with Gasteiger partial charge in [0.2, 0.25) is 11.8 Å². The molecule has 2 saturated heterocycles. The van der Waals surface area contributed by atoms with Gasteiger partial charge >= 0.3 is 5.97 Å². The lowest BCUT2D eigenvalue weighted by molar-refractivity contribution is -0.155. The molecular weight excluding hydrogens is 437 g/mol. The molecule has 2 aliphatic rings. The lowest BCUT2D eigenvalue weighted by Gasteiger charge is -2.32. The van der Waals surface area contributed by atoms with Gasteiger partial charge in [-0.05, 0) is 55.3 Å². The van der Waals surface area contributed by atoms with E-state index < -0.39 is 47.0 Å². The Hall–Kier alpha value is -3.26. The highest BCUT2D eigenvalue weighted by Gasteiger charge is 2.68. The molecule has 0 bridgehead atoms. The largest absolute Gasteiger partial charge is 0.465 e. The van der Waals surface area contributed by atoms with E-state index in [-0.39, 0.29) is 6.61 Å². The van der Waals surface area contributed by atoms with Gasteiger partial charge in [0.1, 0.15) is 11.4 Å².